The molecule has 106 valence electrons. The van der Waals surface area contributed by atoms with Crippen molar-refractivity contribution in [2.75, 3.05) is 13.1 Å². The van der Waals surface area contributed by atoms with E-state index in [0.717, 1.165) is 23.6 Å². The summed E-state index contributed by atoms with van der Waals surface area (Å²) in [5.74, 6) is 0.613. The highest BCUT2D eigenvalue weighted by molar-refractivity contribution is 7.21. The van der Waals surface area contributed by atoms with E-state index in [1.54, 1.807) is 11.3 Å². The first kappa shape index (κ1) is 13.0. The molecule has 0 radical (unpaired) electrons. The molecule has 2 heterocycles. The molecule has 0 spiro atoms. The Balaban J connectivity index is 1.80. The Labute approximate surface area is 128 Å². The first-order chi connectivity index (χ1) is 10.4. The van der Waals surface area contributed by atoms with Crippen LogP contribution < -0.4 is 5.32 Å². The van der Waals surface area contributed by atoms with Gasteiger partial charge in [-0.2, -0.15) is 0 Å². The maximum atomic E-state index is 4.84. The topological polar surface area (TPSA) is 24.9 Å². The maximum absolute atomic E-state index is 4.84. The third-order valence-electron chi connectivity index (χ3n) is 4.22. The first-order valence-corrected chi connectivity index (χ1v) is 8.39. The van der Waals surface area contributed by atoms with Crippen molar-refractivity contribution in [1.82, 2.24) is 10.3 Å². The molecule has 3 heteroatoms. The summed E-state index contributed by atoms with van der Waals surface area (Å²) in [6.07, 6.45) is 2.54. The van der Waals surface area contributed by atoms with Gasteiger partial charge in [-0.25, -0.2) is 4.98 Å². The van der Waals surface area contributed by atoms with Crippen molar-refractivity contribution in [2.24, 2.45) is 0 Å². The average Bonchev–Trinajstić information content (AvgIpc) is 2.99. The van der Waals surface area contributed by atoms with E-state index in [-0.39, 0.29) is 0 Å². The molecule has 1 saturated heterocycles. The molecule has 21 heavy (non-hydrogen) atoms. The molecule has 1 N–H and O–H groups in total. The van der Waals surface area contributed by atoms with Gasteiger partial charge in [0.1, 0.15) is 5.01 Å². The number of piperidine rings is 1. The zero-order valence-corrected chi connectivity index (χ0v) is 12.7. The number of benzene rings is 2. The predicted octanol–water partition coefficient (Wildman–Crippen LogP) is 4.43. The highest BCUT2D eigenvalue weighted by atomic mass is 32.1. The van der Waals surface area contributed by atoms with Crippen LogP contribution in [0.25, 0.3) is 20.8 Å². The second-order valence-corrected chi connectivity index (χ2v) is 6.65. The SMILES string of the molecule is c1ccc(C2CCCNC2)c(-c2nc3ccccc3s2)c1. The van der Waals surface area contributed by atoms with Gasteiger partial charge in [0.2, 0.25) is 0 Å². The van der Waals surface area contributed by atoms with E-state index in [4.69, 9.17) is 4.98 Å². The molecule has 1 aliphatic rings. The van der Waals surface area contributed by atoms with Gasteiger partial charge in [-0.3, -0.25) is 0 Å². The van der Waals surface area contributed by atoms with Crippen LogP contribution >= 0.6 is 11.3 Å². The van der Waals surface area contributed by atoms with Crippen molar-refractivity contribution < 1.29 is 0 Å². The van der Waals surface area contributed by atoms with E-state index in [0.29, 0.717) is 5.92 Å². The Bertz CT molecular complexity index is 724. The van der Waals surface area contributed by atoms with Gasteiger partial charge in [-0.05, 0) is 43.0 Å². The Morgan fingerprint density at radius 1 is 1.05 bits per heavy atom. The number of aromatic nitrogens is 1. The zero-order valence-electron chi connectivity index (χ0n) is 11.9. The second kappa shape index (κ2) is 5.58. The third-order valence-corrected chi connectivity index (χ3v) is 5.29. The van der Waals surface area contributed by atoms with Gasteiger partial charge < -0.3 is 5.32 Å². The first-order valence-electron chi connectivity index (χ1n) is 7.57. The van der Waals surface area contributed by atoms with Crippen LogP contribution in [0.4, 0.5) is 0 Å². The van der Waals surface area contributed by atoms with Gasteiger partial charge >= 0.3 is 0 Å². The van der Waals surface area contributed by atoms with Gasteiger partial charge in [-0.1, -0.05) is 36.4 Å². The van der Waals surface area contributed by atoms with Crippen LogP contribution in [0.2, 0.25) is 0 Å². The molecule has 1 aliphatic heterocycles. The highest BCUT2D eigenvalue weighted by Crippen LogP contribution is 2.36. The monoisotopic (exact) mass is 294 g/mol. The summed E-state index contributed by atoms with van der Waals surface area (Å²) in [6.45, 7) is 2.24. The smallest absolute Gasteiger partial charge is 0.124 e. The number of rotatable bonds is 2. The fraction of sp³-hybridized carbons (Fsp3) is 0.278. The van der Waals surface area contributed by atoms with E-state index in [1.807, 2.05) is 0 Å². The van der Waals surface area contributed by atoms with Crippen LogP contribution in [0, 0.1) is 0 Å². The molecule has 1 atom stereocenters. The molecule has 2 nitrogen and oxygen atoms in total. The molecule has 1 aromatic heterocycles. The van der Waals surface area contributed by atoms with E-state index in [2.05, 4.69) is 53.8 Å². The predicted molar refractivity (Wildman–Crippen MR) is 89.9 cm³/mol. The van der Waals surface area contributed by atoms with Gasteiger partial charge in [0.15, 0.2) is 0 Å². The number of thiazole rings is 1. The molecule has 0 bridgehead atoms. The molecule has 1 unspecified atom stereocenters. The summed E-state index contributed by atoms with van der Waals surface area (Å²) < 4.78 is 1.27. The molecule has 0 amide bonds. The molecule has 3 aromatic rings. The normalized spacial score (nSPS) is 19.0. The summed E-state index contributed by atoms with van der Waals surface area (Å²) >= 11 is 1.80. The minimum Gasteiger partial charge on any atom is -0.316 e. The summed E-state index contributed by atoms with van der Waals surface area (Å²) in [5.41, 5.74) is 3.87. The van der Waals surface area contributed by atoms with E-state index >= 15 is 0 Å². The Morgan fingerprint density at radius 3 is 2.76 bits per heavy atom. The number of nitrogens with zero attached hydrogens (tertiary/aromatic N) is 1. The van der Waals surface area contributed by atoms with Crippen molar-refractivity contribution in [2.45, 2.75) is 18.8 Å². The van der Waals surface area contributed by atoms with Crippen LogP contribution in [-0.4, -0.2) is 18.1 Å². The molecule has 4 rings (SSSR count). The van der Waals surface area contributed by atoms with Crippen LogP contribution in [0.1, 0.15) is 24.3 Å². The number of fused-ring (bicyclic) bond motifs is 1. The van der Waals surface area contributed by atoms with Crippen LogP contribution in [0.5, 0.6) is 0 Å². The maximum Gasteiger partial charge on any atom is 0.124 e. The van der Waals surface area contributed by atoms with Gasteiger partial charge in [0.05, 0.1) is 10.2 Å². The zero-order chi connectivity index (χ0) is 14.1. The standard InChI is InChI=1S/C18H18N2S/c1-2-8-15(14(7-1)13-6-5-11-19-12-13)18-20-16-9-3-4-10-17(16)21-18/h1-4,7-10,13,19H,5-6,11-12H2. The minimum atomic E-state index is 0.613. The fourth-order valence-corrected chi connectivity index (χ4v) is 4.17. The van der Waals surface area contributed by atoms with Gasteiger partial charge in [-0.15, -0.1) is 11.3 Å². The summed E-state index contributed by atoms with van der Waals surface area (Å²) in [7, 11) is 0. The number of hydrogen-bond acceptors (Lipinski definition) is 3. The minimum absolute atomic E-state index is 0.613. The third kappa shape index (κ3) is 2.47. The fourth-order valence-electron chi connectivity index (χ4n) is 3.15. The Hall–Kier alpha value is -1.71. The van der Waals surface area contributed by atoms with Crippen molar-refractivity contribution in [3.05, 3.63) is 54.1 Å². The summed E-state index contributed by atoms with van der Waals surface area (Å²) in [4.78, 5) is 4.84. The van der Waals surface area contributed by atoms with Crippen molar-refractivity contribution in [1.29, 1.82) is 0 Å². The lowest BCUT2D eigenvalue weighted by Crippen LogP contribution is -2.28. The van der Waals surface area contributed by atoms with Gasteiger partial charge in [0, 0.05) is 12.1 Å². The van der Waals surface area contributed by atoms with E-state index in [1.165, 1.54) is 28.7 Å². The van der Waals surface area contributed by atoms with Crippen molar-refractivity contribution in [3.63, 3.8) is 0 Å². The number of hydrogen-bond donors (Lipinski definition) is 1. The highest BCUT2D eigenvalue weighted by Gasteiger charge is 2.19. The Morgan fingerprint density at radius 2 is 1.90 bits per heavy atom. The van der Waals surface area contributed by atoms with Crippen LogP contribution in [0.3, 0.4) is 0 Å². The largest absolute Gasteiger partial charge is 0.316 e. The molecule has 1 fully saturated rings. The van der Waals surface area contributed by atoms with Crippen molar-refractivity contribution in [3.8, 4) is 10.6 Å². The number of nitrogens with one attached hydrogen (secondary N) is 1. The van der Waals surface area contributed by atoms with E-state index in [9.17, 15) is 0 Å². The molecular weight excluding hydrogens is 276 g/mol. The molecular formula is C18H18N2S. The van der Waals surface area contributed by atoms with Crippen LogP contribution in [0.15, 0.2) is 48.5 Å². The second-order valence-electron chi connectivity index (χ2n) is 5.62. The van der Waals surface area contributed by atoms with Crippen molar-refractivity contribution >= 4 is 21.6 Å². The summed E-state index contributed by atoms with van der Waals surface area (Å²) in [5, 5.41) is 4.67. The van der Waals surface area contributed by atoms with Crippen LogP contribution in [-0.2, 0) is 0 Å². The number of para-hydroxylation sites is 1. The lowest BCUT2D eigenvalue weighted by Gasteiger charge is -2.24. The lowest BCUT2D eigenvalue weighted by atomic mass is 9.88. The lowest BCUT2D eigenvalue weighted by molar-refractivity contribution is 0.462. The molecule has 0 aliphatic carbocycles. The average molecular weight is 294 g/mol. The molecule has 2 aromatic carbocycles. The quantitative estimate of drug-likeness (QED) is 0.756. The Kier molecular flexibility index (Phi) is 3.45. The summed E-state index contributed by atoms with van der Waals surface area (Å²) in [6, 6.07) is 17.2. The molecule has 0 saturated carbocycles. The van der Waals surface area contributed by atoms with E-state index < -0.39 is 0 Å². The van der Waals surface area contributed by atoms with Gasteiger partial charge in [0.25, 0.3) is 0 Å².